The molecule has 3 nitrogen and oxygen atoms in total. The van der Waals surface area contributed by atoms with Crippen LogP contribution in [-0.2, 0) is 6.61 Å². The first kappa shape index (κ1) is 15.0. The standard InChI is InChI=1S/C16H22N2OS/c1-10(2)15-14(9-19)20-16(17-15)18(5)13-7-11(3)6-12(4)8-13/h6-8,10,19H,9H2,1-5H3. The third kappa shape index (κ3) is 3.02. The zero-order valence-corrected chi connectivity index (χ0v) is 13.6. The van der Waals surface area contributed by atoms with Gasteiger partial charge in [-0.3, -0.25) is 0 Å². The van der Waals surface area contributed by atoms with Gasteiger partial charge in [-0.05, 0) is 43.0 Å². The summed E-state index contributed by atoms with van der Waals surface area (Å²) in [5, 5.41) is 10.4. The van der Waals surface area contributed by atoms with E-state index in [0.717, 1.165) is 21.4 Å². The van der Waals surface area contributed by atoms with Gasteiger partial charge >= 0.3 is 0 Å². The Morgan fingerprint density at radius 2 is 1.80 bits per heavy atom. The van der Waals surface area contributed by atoms with Crippen molar-refractivity contribution in [2.24, 2.45) is 0 Å². The average Bonchev–Trinajstić information content (AvgIpc) is 2.80. The van der Waals surface area contributed by atoms with Gasteiger partial charge in [0, 0.05) is 12.7 Å². The topological polar surface area (TPSA) is 36.4 Å². The Kier molecular flexibility index (Phi) is 4.45. The lowest BCUT2D eigenvalue weighted by Gasteiger charge is -2.17. The molecule has 0 unspecified atom stereocenters. The Morgan fingerprint density at radius 3 is 2.25 bits per heavy atom. The molecule has 0 bridgehead atoms. The normalized spacial score (nSPS) is 11.2. The second-order valence-electron chi connectivity index (χ2n) is 5.52. The average molecular weight is 290 g/mol. The molecule has 0 saturated heterocycles. The molecule has 1 N–H and O–H groups in total. The number of thiazole rings is 1. The molecule has 108 valence electrons. The summed E-state index contributed by atoms with van der Waals surface area (Å²) < 4.78 is 0. The minimum absolute atomic E-state index is 0.0614. The van der Waals surface area contributed by atoms with E-state index in [1.165, 1.54) is 11.1 Å². The van der Waals surface area contributed by atoms with Crippen LogP contribution in [0.25, 0.3) is 0 Å². The molecule has 0 spiro atoms. The van der Waals surface area contributed by atoms with Crippen molar-refractivity contribution >= 4 is 22.2 Å². The summed E-state index contributed by atoms with van der Waals surface area (Å²) in [5.41, 5.74) is 4.63. The molecule has 1 aromatic carbocycles. The van der Waals surface area contributed by atoms with E-state index in [2.05, 4.69) is 50.8 Å². The van der Waals surface area contributed by atoms with Gasteiger partial charge in [-0.15, -0.1) is 0 Å². The highest BCUT2D eigenvalue weighted by Gasteiger charge is 2.17. The molecule has 1 heterocycles. The van der Waals surface area contributed by atoms with Crippen molar-refractivity contribution in [3.63, 3.8) is 0 Å². The zero-order valence-electron chi connectivity index (χ0n) is 12.8. The Hall–Kier alpha value is -1.39. The van der Waals surface area contributed by atoms with Gasteiger partial charge in [-0.1, -0.05) is 31.3 Å². The van der Waals surface area contributed by atoms with Gasteiger partial charge in [0.15, 0.2) is 5.13 Å². The number of aromatic nitrogens is 1. The first-order valence-corrected chi connectivity index (χ1v) is 7.66. The van der Waals surface area contributed by atoms with Crippen molar-refractivity contribution in [2.75, 3.05) is 11.9 Å². The molecule has 0 aliphatic carbocycles. The van der Waals surface area contributed by atoms with Gasteiger partial charge in [0.1, 0.15) is 0 Å². The van der Waals surface area contributed by atoms with Crippen molar-refractivity contribution in [1.82, 2.24) is 4.98 Å². The highest BCUT2D eigenvalue weighted by molar-refractivity contribution is 7.15. The lowest BCUT2D eigenvalue weighted by molar-refractivity contribution is 0.283. The molecule has 1 aromatic heterocycles. The molecule has 0 radical (unpaired) electrons. The number of hydrogen-bond donors (Lipinski definition) is 1. The number of nitrogens with zero attached hydrogens (tertiary/aromatic N) is 2. The van der Waals surface area contributed by atoms with Crippen molar-refractivity contribution in [1.29, 1.82) is 0 Å². The Balaban J connectivity index is 2.40. The predicted molar refractivity (Wildman–Crippen MR) is 86.1 cm³/mol. The van der Waals surface area contributed by atoms with Gasteiger partial charge in [-0.25, -0.2) is 4.98 Å². The minimum Gasteiger partial charge on any atom is -0.391 e. The maximum absolute atomic E-state index is 9.47. The van der Waals surface area contributed by atoms with E-state index in [1.54, 1.807) is 11.3 Å². The van der Waals surface area contributed by atoms with Crippen LogP contribution < -0.4 is 4.90 Å². The largest absolute Gasteiger partial charge is 0.391 e. The number of aliphatic hydroxyl groups is 1. The number of rotatable bonds is 4. The lowest BCUT2D eigenvalue weighted by atomic mass is 10.1. The maximum Gasteiger partial charge on any atom is 0.190 e. The van der Waals surface area contributed by atoms with E-state index in [0.29, 0.717) is 5.92 Å². The predicted octanol–water partition coefficient (Wildman–Crippen LogP) is 4.14. The van der Waals surface area contributed by atoms with E-state index in [-0.39, 0.29) is 6.61 Å². The molecule has 0 amide bonds. The number of anilines is 2. The fourth-order valence-corrected chi connectivity index (χ4v) is 3.37. The Morgan fingerprint density at radius 1 is 1.20 bits per heavy atom. The van der Waals surface area contributed by atoms with E-state index in [4.69, 9.17) is 4.98 Å². The van der Waals surface area contributed by atoms with Gasteiger partial charge in [0.25, 0.3) is 0 Å². The van der Waals surface area contributed by atoms with E-state index in [1.807, 2.05) is 7.05 Å². The van der Waals surface area contributed by atoms with Crippen molar-refractivity contribution < 1.29 is 5.11 Å². The van der Waals surface area contributed by atoms with Gasteiger partial charge in [0.2, 0.25) is 0 Å². The molecule has 4 heteroatoms. The quantitative estimate of drug-likeness (QED) is 0.919. The van der Waals surface area contributed by atoms with Crippen molar-refractivity contribution in [3.8, 4) is 0 Å². The molecule has 0 aliphatic heterocycles. The molecule has 2 aromatic rings. The Bertz CT molecular complexity index is 584. The second kappa shape index (κ2) is 5.94. The summed E-state index contributed by atoms with van der Waals surface area (Å²) in [4.78, 5) is 7.76. The highest BCUT2D eigenvalue weighted by Crippen LogP contribution is 2.34. The summed E-state index contributed by atoms with van der Waals surface area (Å²) in [6, 6.07) is 6.47. The molecular weight excluding hydrogens is 268 g/mol. The van der Waals surface area contributed by atoms with Crippen molar-refractivity contribution in [2.45, 2.75) is 40.2 Å². The molecule has 0 saturated carbocycles. The maximum atomic E-state index is 9.47. The van der Waals surface area contributed by atoms with Crippen LogP contribution in [0.5, 0.6) is 0 Å². The van der Waals surface area contributed by atoms with E-state index >= 15 is 0 Å². The summed E-state index contributed by atoms with van der Waals surface area (Å²) in [6.45, 7) is 8.48. The second-order valence-corrected chi connectivity index (χ2v) is 6.58. The van der Waals surface area contributed by atoms with Crippen LogP contribution in [0.15, 0.2) is 18.2 Å². The van der Waals surface area contributed by atoms with E-state index in [9.17, 15) is 5.11 Å². The van der Waals surface area contributed by atoms with Crippen LogP contribution in [0.1, 0.15) is 41.5 Å². The minimum atomic E-state index is 0.0614. The molecule has 0 fully saturated rings. The third-order valence-electron chi connectivity index (χ3n) is 3.29. The molecular formula is C16H22N2OS. The van der Waals surface area contributed by atoms with Crippen LogP contribution in [0.3, 0.4) is 0 Å². The summed E-state index contributed by atoms with van der Waals surface area (Å²) in [6.07, 6.45) is 0. The first-order valence-electron chi connectivity index (χ1n) is 6.85. The number of benzene rings is 1. The Labute approximate surface area is 124 Å². The van der Waals surface area contributed by atoms with Gasteiger partial charge in [0.05, 0.1) is 17.2 Å². The summed E-state index contributed by atoms with van der Waals surface area (Å²) in [5.74, 6) is 0.329. The molecule has 20 heavy (non-hydrogen) atoms. The number of aryl methyl sites for hydroxylation is 2. The van der Waals surface area contributed by atoms with Crippen LogP contribution in [0.4, 0.5) is 10.8 Å². The molecule has 2 rings (SSSR count). The van der Waals surface area contributed by atoms with Crippen LogP contribution in [-0.4, -0.2) is 17.1 Å². The zero-order chi connectivity index (χ0) is 14.9. The fourth-order valence-electron chi connectivity index (χ4n) is 2.31. The SMILES string of the molecule is Cc1cc(C)cc(N(C)c2nc(C(C)C)c(CO)s2)c1. The third-order valence-corrected chi connectivity index (χ3v) is 4.42. The van der Waals surface area contributed by atoms with Gasteiger partial charge < -0.3 is 10.0 Å². The fraction of sp³-hybridized carbons (Fsp3) is 0.438. The van der Waals surface area contributed by atoms with Crippen LogP contribution in [0, 0.1) is 13.8 Å². The lowest BCUT2D eigenvalue weighted by Crippen LogP contribution is -2.09. The number of aliphatic hydroxyl groups excluding tert-OH is 1. The van der Waals surface area contributed by atoms with Crippen LogP contribution >= 0.6 is 11.3 Å². The smallest absolute Gasteiger partial charge is 0.190 e. The van der Waals surface area contributed by atoms with Crippen molar-refractivity contribution in [3.05, 3.63) is 39.9 Å². The first-order chi connectivity index (χ1) is 9.42. The monoisotopic (exact) mass is 290 g/mol. The summed E-state index contributed by atoms with van der Waals surface area (Å²) >= 11 is 1.57. The highest BCUT2D eigenvalue weighted by atomic mass is 32.1. The number of hydrogen-bond acceptors (Lipinski definition) is 4. The van der Waals surface area contributed by atoms with Crippen LogP contribution in [0.2, 0.25) is 0 Å². The summed E-state index contributed by atoms with van der Waals surface area (Å²) in [7, 11) is 2.03. The van der Waals surface area contributed by atoms with E-state index < -0.39 is 0 Å². The van der Waals surface area contributed by atoms with Gasteiger partial charge in [-0.2, -0.15) is 0 Å². The molecule has 0 aliphatic rings. The molecule has 0 atom stereocenters.